The summed E-state index contributed by atoms with van der Waals surface area (Å²) in [5.41, 5.74) is 1.05. The summed E-state index contributed by atoms with van der Waals surface area (Å²) >= 11 is 5.93. The van der Waals surface area contributed by atoms with E-state index >= 15 is 0 Å². The predicted molar refractivity (Wildman–Crippen MR) is 82.2 cm³/mol. The highest BCUT2D eigenvalue weighted by atomic mass is 35.5. The van der Waals surface area contributed by atoms with Crippen LogP contribution in [0.5, 0.6) is 5.75 Å². The molecule has 1 aromatic rings. The zero-order chi connectivity index (χ0) is 14.6. The van der Waals surface area contributed by atoms with Crippen molar-refractivity contribution in [1.82, 2.24) is 4.72 Å². The maximum atomic E-state index is 12.0. The second kappa shape index (κ2) is 6.73. The van der Waals surface area contributed by atoms with E-state index in [1.54, 1.807) is 13.2 Å². The quantitative estimate of drug-likeness (QED) is 0.906. The number of rotatable bonds is 5. The second-order valence-corrected chi connectivity index (χ2v) is 7.99. The molecule has 0 bridgehead atoms. The maximum Gasteiger partial charge on any atom is 0.123 e. The van der Waals surface area contributed by atoms with Crippen LogP contribution in [0.4, 0.5) is 0 Å². The molecule has 0 saturated carbocycles. The van der Waals surface area contributed by atoms with E-state index in [9.17, 15) is 4.21 Å². The molecule has 0 aliphatic rings. The minimum atomic E-state index is -1.07. The van der Waals surface area contributed by atoms with Crippen LogP contribution in [0.3, 0.4) is 0 Å². The summed E-state index contributed by atoms with van der Waals surface area (Å²) in [6, 6.07) is 5.67. The molecule has 0 spiro atoms. The lowest BCUT2D eigenvalue weighted by molar-refractivity contribution is 0.408. The predicted octanol–water partition coefficient (Wildman–Crippen LogP) is 3.33. The third-order valence-electron chi connectivity index (χ3n) is 2.64. The molecule has 0 saturated heterocycles. The van der Waals surface area contributed by atoms with Crippen LogP contribution in [0, 0.1) is 0 Å². The largest absolute Gasteiger partial charge is 0.496 e. The number of nitrogens with one attached hydrogen (secondary N) is 1. The molecule has 19 heavy (non-hydrogen) atoms. The Morgan fingerprint density at radius 3 is 2.58 bits per heavy atom. The fraction of sp³-hybridized carbons (Fsp3) is 0.571. The minimum absolute atomic E-state index is 0.0927. The van der Waals surface area contributed by atoms with Gasteiger partial charge in [0.25, 0.3) is 0 Å². The molecular formula is C14H22ClNO2S. The molecular weight excluding hydrogens is 282 g/mol. The van der Waals surface area contributed by atoms with Crippen LogP contribution in [0.25, 0.3) is 0 Å². The first-order valence-electron chi connectivity index (χ1n) is 6.24. The molecule has 0 aliphatic carbocycles. The van der Waals surface area contributed by atoms with E-state index in [-0.39, 0.29) is 10.8 Å². The summed E-state index contributed by atoms with van der Waals surface area (Å²) in [4.78, 5) is 0. The van der Waals surface area contributed by atoms with Crippen molar-refractivity contribution in [2.24, 2.45) is 0 Å². The van der Waals surface area contributed by atoms with Gasteiger partial charge in [0, 0.05) is 11.1 Å². The van der Waals surface area contributed by atoms with Gasteiger partial charge in [0.15, 0.2) is 0 Å². The van der Waals surface area contributed by atoms with Gasteiger partial charge in [-0.25, -0.2) is 8.93 Å². The molecule has 0 aromatic heterocycles. The first-order chi connectivity index (χ1) is 8.74. The number of halogens is 1. The summed E-state index contributed by atoms with van der Waals surface area (Å²) in [7, 11) is 0.555. The number of ether oxygens (including phenoxy) is 1. The Morgan fingerprint density at radius 2 is 2.05 bits per heavy atom. The highest BCUT2D eigenvalue weighted by Crippen LogP contribution is 2.24. The van der Waals surface area contributed by atoms with E-state index in [2.05, 4.69) is 4.72 Å². The van der Waals surface area contributed by atoms with E-state index in [4.69, 9.17) is 16.3 Å². The van der Waals surface area contributed by atoms with Crippen LogP contribution >= 0.6 is 11.6 Å². The van der Waals surface area contributed by atoms with Crippen molar-refractivity contribution in [2.45, 2.75) is 44.9 Å². The number of hydrogen-bond donors (Lipinski definition) is 1. The Morgan fingerprint density at radius 1 is 1.42 bits per heavy atom. The van der Waals surface area contributed by atoms with Gasteiger partial charge in [-0.05, 0) is 51.8 Å². The highest BCUT2D eigenvalue weighted by molar-refractivity contribution is 7.84. The third kappa shape index (κ3) is 5.13. The number of methoxy groups -OCH3 is 1. The average molecular weight is 304 g/mol. The second-order valence-electron chi connectivity index (χ2n) is 5.56. The zero-order valence-electron chi connectivity index (χ0n) is 12.1. The van der Waals surface area contributed by atoms with E-state index in [0.717, 1.165) is 17.7 Å². The van der Waals surface area contributed by atoms with Gasteiger partial charge < -0.3 is 4.74 Å². The Bertz CT molecular complexity index is 457. The van der Waals surface area contributed by atoms with Crippen LogP contribution in [-0.4, -0.2) is 22.1 Å². The van der Waals surface area contributed by atoms with Crippen molar-refractivity contribution >= 4 is 22.6 Å². The summed E-state index contributed by atoms with van der Waals surface area (Å²) in [5, 5.41) is 0.652. The molecule has 0 aliphatic heterocycles. The van der Waals surface area contributed by atoms with Crippen molar-refractivity contribution in [1.29, 1.82) is 0 Å². The fourth-order valence-electron chi connectivity index (χ4n) is 1.62. The highest BCUT2D eigenvalue weighted by Gasteiger charge is 2.21. The summed E-state index contributed by atoms with van der Waals surface area (Å²) < 4.78 is 20.2. The molecule has 108 valence electrons. The van der Waals surface area contributed by atoms with Crippen molar-refractivity contribution in [3.8, 4) is 5.75 Å². The Labute approximate surface area is 123 Å². The zero-order valence-corrected chi connectivity index (χ0v) is 13.7. The Kier molecular flexibility index (Phi) is 5.83. The average Bonchev–Trinajstić information content (AvgIpc) is 2.30. The van der Waals surface area contributed by atoms with Crippen LogP contribution in [0.15, 0.2) is 18.2 Å². The standard InChI is InChI=1S/C14H22ClNO2S/c1-10(16-19(17)14(2,3)4)8-11-6-7-12(15)9-13(11)18-5/h6-7,9-10,16H,8H2,1-5H3/t10-,19-/m0/s1. The first-order valence-corrected chi connectivity index (χ1v) is 7.77. The van der Waals surface area contributed by atoms with Gasteiger partial charge in [0.05, 0.1) is 22.8 Å². The summed E-state index contributed by atoms with van der Waals surface area (Å²) in [5.74, 6) is 0.766. The summed E-state index contributed by atoms with van der Waals surface area (Å²) in [6.45, 7) is 7.86. The van der Waals surface area contributed by atoms with Gasteiger partial charge >= 0.3 is 0 Å². The van der Waals surface area contributed by atoms with Crippen LogP contribution in [-0.2, 0) is 17.4 Å². The van der Waals surface area contributed by atoms with Crippen LogP contribution in [0.1, 0.15) is 33.3 Å². The minimum Gasteiger partial charge on any atom is -0.496 e. The van der Waals surface area contributed by atoms with Gasteiger partial charge in [0.1, 0.15) is 5.75 Å². The molecule has 1 rings (SSSR count). The SMILES string of the molecule is COc1cc(Cl)ccc1C[C@H](C)N[S@@](=O)C(C)(C)C. The van der Waals surface area contributed by atoms with Gasteiger partial charge in [-0.15, -0.1) is 0 Å². The third-order valence-corrected chi connectivity index (χ3v) is 4.60. The molecule has 0 heterocycles. The Balaban J connectivity index is 2.72. The van der Waals surface area contributed by atoms with Gasteiger partial charge in [-0.1, -0.05) is 17.7 Å². The molecule has 2 atom stereocenters. The molecule has 1 N–H and O–H groups in total. The van der Waals surface area contributed by atoms with E-state index < -0.39 is 11.0 Å². The van der Waals surface area contributed by atoms with Gasteiger partial charge in [0.2, 0.25) is 0 Å². The number of hydrogen-bond acceptors (Lipinski definition) is 2. The van der Waals surface area contributed by atoms with Crippen LogP contribution in [0.2, 0.25) is 5.02 Å². The lowest BCUT2D eigenvalue weighted by Gasteiger charge is -2.22. The molecule has 3 nitrogen and oxygen atoms in total. The summed E-state index contributed by atoms with van der Waals surface area (Å²) in [6.07, 6.45) is 0.738. The normalized spacial score (nSPS) is 15.1. The van der Waals surface area contributed by atoms with E-state index in [1.807, 2.05) is 39.8 Å². The molecule has 1 aromatic carbocycles. The lowest BCUT2D eigenvalue weighted by atomic mass is 10.1. The topological polar surface area (TPSA) is 38.3 Å². The van der Waals surface area contributed by atoms with Crippen molar-refractivity contribution in [2.75, 3.05) is 7.11 Å². The molecule has 0 amide bonds. The maximum absolute atomic E-state index is 12.0. The van der Waals surface area contributed by atoms with Crippen molar-refractivity contribution < 1.29 is 8.95 Å². The monoisotopic (exact) mass is 303 g/mol. The van der Waals surface area contributed by atoms with Crippen molar-refractivity contribution in [3.63, 3.8) is 0 Å². The van der Waals surface area contributed by atoms with Gasteiger partial charge in [-0.2, -0.15) is 0 Å². The van der Waals surface area contributed by atoms with E-state index in [0.29, 0.717) is 5.02 Å². The first kappa shape index (κ1) is 16.5. The molecule has 5 heteroatoms. The molecule has 0 radical (unpaired) electrons. The van der Waals surface area contributed by atoms with Crippen LogP contribution < -0.4 is 9.46 Å². The van der Waals surface area contributed by atoms with Gasteiger partial charge in [-0.3, -0.25) is 0 Å². The lowest BCUT2D eigenvalue weighted by Crippen LogP contribution is -2.39. The molecule has 0 unspecified atom stereocenters. The number of benzene rings is 1. The fourth-order valence-corrected chi connectivity index (χ4v) is 2.58. The van der Waals surface area contributed by atoms with Crippen molar-refractivity contribution in [3.05, 3.63) is 28.8 Å². The molecule has 0 fully saturated rings. The Hall–Kier alpha value is -0.580. The van der Waals surface area contributed by atoms with E-state index in [1.165, 1.54) is 0 Å². The smallest absolute Gasteiger partial charge is 0.123 e.